The molecule has 21 heavy (non-hydrogen) atoms. The van der Waals surface area contributed by atoms with Gasteiger partial charge in [-0.15, -0.1) is 0 Å². The summed E-state index contributed by atoms with van der Waals surface area (Å²) < 4.78 is 0. The second-order valence-corrected chi connectivity index (χ2v) is 7.23. The summed E-state index contributed by atoms with van der Waals surface area (Å²) in [6.07, 6.45) is 2.60. The van der Waals surface area contributed by atoms with Crippen LogP contribution in [0.15, 0.2) is 18.2 Å². The van der Waals surface area contributed by atoms with Crippen LogP contribution in [0.4, 0.5) is 0 Å². The number of hydrogen-bond donors (Lipinski definition) is 1. The molecule has 1 aliphatic heterocycles. The first-order chi connectivity index (χ1) is 9.97. The largest absolute Gasteiger partial charge is 0.314 e. The van der Waals surface area contributed by atoms with E-state index in [1.165, 1.54) is 24.9 Å². The molecule has 0 amide bonds. The smallest absolute Gasteiger partial charge is 0.0595 e. The summed E-state index contributed by atoms with van der Waals surface area (Å²) in [4.78, 5) is 2.57. The fourth-order valence-corrected chi connectivity index (χ4v) is 3.31. The molecule has 1 heterocycles. The van der Waals surface area contributed by atoms with Gasteiger partial charge in [-0.1, -0.05) is 43.1 Å². The predicted molar refractivity (Wildman–Crippen MR) is 92.3 cm³/mol. The van der Waals surface area contributed by atoms with Crippen molar-refractivity contribution >= 4 is 23.2 Å². The summed E-state index contributed by atoms with van der Waals surface area (Å²) >= 11 is 12.2. The molecular formula is C17H26Cl2N2. The van der Waals surface area contributed by atoms with E-state index in [9.17, 15) is 0 Å². The number of nitrogens with one attached hydrogen (secondary N) is 1. The minimum Gasteiger partial charge on any atom is -0.314 e. The van der Waals surface area contributed by atoms with Crippen molar-refractivity contribution in [2.24, 2.45) is 5.92 Å². The Morgan fingerprint density at radius 2 is 2.00 bits per heavy atom. The van der Waals surface area contributed by atoms with Crippen LogP contribution in [0.25, 0.3) is 0 Å². The van der Waals surface area contributed by atoms with Crippen LogP contribution >= 0.6 is 23.2 Å². The van der Waals surface area contributed by atoms with Crippen LogP contribution in [0.2, 0.25) is 10.0 Å². The van der Waals surface area contributed by atoms with Gasteiger partial charge in [0.25, 0.3) is 0 Å². The summed E-state index contributed by atoms with van der Waals surface area (Å²) in [5, 5.41) is 4.84. The number of piperidine rings is 1. The van der Waals surface area contributed by atoms with Crippen LogP contribution in [-0.4, -0.2) is 30.6 Å². The van der Waals surface area contributed by atoms with Crippen LogP contribution in [-0.2, 0) is 0 Å². The van der Waals surface area contributed by atoms with E-state index in [1.54, 1.807) is 0 Å². The highest BCUT2D eigenvalue weighted by Gasteiger charge is 2.24. The van der Waals surface area contributed by atoms with Crippen molar-refractivity contribution in [3.8, 4) is 0 Å². The first-order valence-electron chi connectivity index (χ1n) is 7.89. The molecule has 0 aromatic heterocycles. The molecule has 0 radical (unpaired) electrons. The molecule has 0 bridgehead atoms. The van der Waals surface area contributed by atoms with E-state index in [4.69, 9.17) is 23.2 Å². The van der Waals surface area contributed by atoms with Gasteiger partial charge in [-0.25, -0.2) is 0 Å². The molecule has 2 unspecified atom stereocenters. The fourth-order valence-electron chi connectivity index (χ4n) is 3.00. The number of halogens is 2. The first-order valence-corrected chi connectivity index (χ1v) is 8.65. The minimum atomic E-state index is 0.390. The average Bonchev–Trinajstić information content (AvgIpc) is 2.47. The third kappa shape index (κ3) is 4.85. The van der Waals surface area contributed by atoms with Crippen molar-refractivity contribution in [2.75, 3.05) is 19.6 Å². The predicted octanol–water partition coefficient (Wildman–Crippen LogP) is 4.76. The molecule has 1 fully saturated rings. The monoisotopic (exact) mass is 328 g/mol. The Hall–Kier alpha value is -0.280. The van der Waals surface area contributed by atoms with Crippen LogP contribution in [0.5, 0.6) is 0 Å². The molecule has 2 nitrogen and oxygen atoms in total. The number of likely N-dealkylation sites (tertiary alicyclic amines) is 1. The minimum absolute atomic E-state index is 0.390. The SMILES string of the molecule is CC(C)NCC1CCCN(C(C)c2ccc(Cl)c(Cl)c2)C1. The molecular weight excluding hydrogens is 303 g/mol. The van der Waals surface area contributed by atoms with E-state index in [0.717, 1.165) is 19.0 Å². The summed E-state index contributed by atoms with van der Waals surface area (Å²) in [5.41, 5.74) is 1.25. The Bertz CT molecular complexity index is 462. The van der Waals surface area contributed by atoms with Crippen molar-refractivity contribution in [1.29, 1.82) is 0 Å². The van der Waals surface area contributed by atoms with Crippen LogP contribution in [0.1, 0.15) is 45.2 Å². The van der Waals surface area contributed by atoms with Crippen LogP contribution in [0.3, 0.4) is 0 Å². The highest BCUT2D eigenvalue weighted by molar-refractivity contribution is 6.42. The Morgan fingerprint density at radius 1 is 1.24 bits per heavy atom. The van der Waals surface area contributed by atoms with Crippen molar-refractivity contribution in [3.05, 3.63) is 33.8 Å². The van der Waals surface area contributed by atoms with Gasteiger partial charge in [-0.05, 0) is 56.5 Å². The van der Waals surface area contributed by atoms with E-state index < -0.39 is 0 Å². The van der Waals surface area contributed by atoms with Crippen molar-refractivity contribution in [3.63, 3.8) is 0 Å². The van der Waals surface area contributed by atoms with Gasteiger partial charge in [0.2, 0.25) is 0 Å². The Kier molecular flexibility index (Phi) is 6.36. The highest BCUT2D eigenvalue weighted by Crippen LogP contribution is 2.30. The van der Waals surface area contributed by atoms with Gasteiger partial charge in [0.05, 0.1) is 10.0 Å². The summed E-state index contributed by atoms with van der Waals surface area (Å²) in [7, 11) is 0. The molecule has 1 saturated heterocycles. The van der Waals surface area contributed by atoms with Crippen molar-refractivity contribution < 1.29 is 0 Å². The molecule has 1 aliphatic rings. The second-order valence-electron chi connectivity index (χ2n) is 6.42. The Morgan fingerprint density at radius 3 is 2.67 bits per heavy atom. The second kappa shape index (κ2) is 7.82. The fraction of sp³-hybridized carbons (Fsp3) is 0.647. The highest BCUT2D eigenvalue weighted by atomic mass is 35.5. The molecule has 0 saturated carbocycles. The van der Waals surface area contributed by atoms with Gasteiger partial charge in [-0.2, -0.15) is 0 Å². The van der Waals surface area contributed by atoms with Crippen LogP contribution in [0, 0.1) is 5.92 Å². The van der Waals surface area contributed by atoms with Gasteiger partial charge in [0.1, 0.15) is 0 Å². The van der Waals surface area contributed by atoms with Gasteiger partial charge in [-0.3, -0.25) is 4.90 Å². The molecule has 0 spiro atoms. The van der Waals surface area contributed by atoms with Gasteiger partial charge in [0, 0.05) is 18.6 Å². The van der Waals surface area contributed by atoms with Gasteiger partial charge >= 0.3 is 0 Å². The number of rotatable bonds is 5. The van der Waals surface area contributed by atoms with Crippen molar-refractivity contribution in [1.82, 2.24) is 10.2 Å². The lowest BCUT2D eigenvalue weighted by Gasteiger charge is -2.37. The summed E-state index contributed by atoms with van der Waals surface area (Å²) in [5.74, 6) is 0.742. The maximum absolute atomic E-state index is 6.15. The summed E-state index contributed by atoms with van der Waals surface area (Å²) in [6, 6.07) is 6.95. The molecule has 1 aromatic carbocycles. The zero-order valence-corrected chi connectivity index (χ0v) is 14.7. The topological polar surface area (TPSA) is 15.3 Å². The third-order valence-corrected chi connectivity index (χ3v) is 5.08. The third-order valence-electron chi connectivity index (χ3n) is 4.34. The normalized spacial score (nSPS) is 21.7. The maximum Gasteiger partial charge on any atom is 0.0595 e. The average molecular weight is 329 g/mol. The summed E-state index contributed by atoms with van der Waals surface area (Å²) in [6.45, 7) is 10.1. The lowest BCUT2D eigenvalue weighted by atomic mass is 9.95. The lowest BCUT2D eigenvalue weighted by molar-refractivity contribution is 0.129. The van der Waals surface area contributed by atoms with Gasteiger partial charge < -0.3 is 5.32 Å². The molecule has 4 heteroatoms. The van der Waals surface area contributed by atoms with E-state index in [-0.39, 0.29) is 0 Å². The molecule has 118 valence electrons. The number of nitrogens with zero attached hydrogens (tertiary/aromatic N) is 1. The zero-order valence-electron chi connectivity index (χ0n) is 13.2. The standard InChI is InChI=1S/C17H26Cl2N2/c1-12(2)20-10-14-5-4-8-21(11-14)13(3)15-6-7-16(18)17(19)9-15/h6-7,9,12-14,20H,4-5,8,10-11H2,1-3H3. The van der Waals surface area contributed by atoms with Crippen molar-refractivity contribution in [2.45, 2.75) is 45.7 Å². The van der Waals surface area contributed by atoms with Crippen LogP contribution < -0.4 is 5.32 Å². The molecule has 1 aromatic rings. The van der Waals surface area contributed by atoms with Gasteiger partial charge in [0.15, 0.2) is 0 Å². The first kappa shape index (κ1) is 17.1. The van der Waals surface area contributed by atoms with E-state index in [0.29, 0.717) is 22.1 Å². The lowest BCUT2D eigenvalue weighted by Crippen LogP contribution is -2.42. The molecule has 2 rings (SSSR count). The quantitative estimate of drug-likeness (QED) is 0.837. The van der Waals surface area contributed by atoms with E-state index in [2.05, 4.69) is 37.1 Å². The molecule has 0 aliphatic carbocycles. The van der Waals surface area contributed by atoms with E-state index >= 15 is 0 Å². The number of benzene rings is 1. The Labute approximate surface area is 138 Å². The molecule has 1 N–H and O–H groups in total. The maximum atomic E-state index is 6.15. The Balaban J connectivity index is 1.97. The number of hydrogen-bond acceptors (Lipinski definition) is 2. The molecule has 2 atom stereocenters. The zero-order chi connectivity index (χ0) is 15.4. The van der Waals surface area contributed by atoms with E-state index in [1.807, 2.05) is 12.1 Å².